The fourth-order valence-electron chi connectivity index (χ4n) is 2.71. The number of carbonyl (C=O) groups excluding carboxylic acids is 1. The van der Waals surface area contributed by atoms with Gasteiger partial charge < -0.3 is 10.2 Å². The Morgan fingerprint density at radius 2 is 2.21 bits per heavy atom. The third-order valence-corrected chi connectivity index (χ3v) is 3.82. The van der Waals surface area contributed by atoms with Gasteiger partial charge in [0.15, 0.2) is 0 Å². The minimum absolute atomic E-state index is 0.214. The molecular formula is C16H24N2O. The van der Waals surface area contributed by atoms with Gasteiger partial charge in [0.05, 0.1) is 6.54 Å². The molecule has 1 fully saturated rings. The standard InChI is InChI=1S/C16H24N2O/c1-12-6-7-15(14(3)9-12)17-10-16(19)18-8-4-5-13(2)11-18/h6-7,9,13,17H,4-5,8,10-11H2,1-3H3. The predicted molar refractivity (Wildman–Crippen MR) is 79.4 cm³/mol. The van der Waals surface area contributed by atoms with Crippen LogP contribution in [0.3, 0.4) is 0 Å². The number of nitrogens with one attached hydrogen (secondary N) is 1. The van der Waals surface area contributed by atoms with E-state index in [2.05, 4.69) is 44.3 Å². The van der Waals surface area contributed by atoms with Crippen LogP contribution < -0.4 is 5.32 Å². The highest BCUT2D eigenvalue weighted by Gasteiger charge is 2.20. The summed E-state index contributed by atoms with van der Waals surface area (Å²) >= 11 is 0. The Morgan fingerprint density at radius 1 is 1.42 bits per heavy atom. The molecule has 0 aromatic heterocycles. The molecule has 0 spiro atoms. The van der Waals surface area contributed by atoms with Crippen LogP contribution in [0.25, 0.3) is 0 Å². The van der Waals surface area contributed by atoms with Crippen molar-refractivity contribution in [3.8, 4) is 0 Å². The molecule has 3 nitrogen and oxygen atoms in total. The number of anilines is 1. The number of hydrogen-bond acceptors (Lipinski definition) is 2. The zero-order valence-electron chi connectivity index (χ0n) is 12.2. The Hall–Kier alpha value is -1.51. The Bertz CT molecular complexity index is 456. The van der Waals surface area contributed by atoms with Crippen molar-refractivity contribution >= 4 is 11.6 Å². The van der Waals surface area contributed by atoms with Gasteiger partial charge in [-0.25, -0.2) is 0 Å². The van der Waals surface area contributed by atoms with Crippen LogP contribution in [-0.2, 0) is 4.79 Å². The molecule has 1 heterocycles. The normalized spacial score (nSPS) is 19.3. The number of aryl methyl sites for hydroxylation is 2. The molecule has 0 aliphatic carbocycles. The summed E-state index contributed by atoms with van der Waals surface area (Å²) in [5.74, 6) is 0.852. The number of benzene rings is 1. The lowest BCUT2D eigenvalue weighted by Gasteiger charge is -2.31. The fraction of sp³-hybridized carbons (Fsp3) is 0.562. The van der Waals surface area contributed by atoms with Crippen molar-refractivity contribution in [2.24, 2.45) is 5.92 Å². The number of amides is 1. The summed E-state index contributed by atoms with van der Waals surface area (Å²) in [5, 5.41) is 3.26. The van der Waals surface area contributed by atoms with Crippen LogP contribution in [0.2, 0.25) is 0 Å². The second kappa shape index (κ2) is 6.09. The van der Waals surface area contributed by atoms with Crippen LogP contribution in [-0.4, -0.2) is 30.4 Å². The van der Waals surface area contributed by atoms with Crippen LogP contribution in [0.15, 0.2) is 18.2 Å². The number of likely N-dealkylation sites (tertiary alicyclic amines) is 1. The minimum Gasteiger partial charge on any atom is -0.376 e. The molecule has 1 aromatic carbocycles. The van der Waals surface area contributed by atoms with Gasteiger partial charge in [-0.2, -0.15) is 0 Å². The highest BCUT2D eigenvalue weighted by atomic mass is 16.2. The van der Waals surface area contributed by atoms with Gasteiger partial charge in [-0.05, 0) is 44.2 Å². The summed E-state index contributed by atoms with van der Waals surface area (Å²) in [4.78, 5) is 14.1. The number of rotatable bonds is 3. The highest BCUT2D eigenvalue weighted by Crippen LogP contribution is 2.17. The first kappa shape index (κ1) is 13.9. The van der Waals surface area contributed by atoms with Gasteiger partial charge in [0.2, 0.25) is 5.91 Å². The predicted octanol–water partition coefficient (Wildman–Crippen LogP) is 2.97. The van der Waals surface area contributed by atoms with Gasteiger partial charge in [-0.15, -0.1) is 0 Å². The maximum absolute atomic E-state index is 12.2. The number of carbonyl (C=O) groups is 1. The first-order valence-electron chi connectivity index (χ1n) is 7.15. The van der Waals surface area contributed by atoms with Crippen molar-refractivity contribution in [2.45, 2.75) is 33.6 Å². The molecule has 3 heteroatoms. The van der Waals surface area contributed by atoms with Crippen LogP contribution in [0.4, 0.5) is 5.69 Å². The Balaban J connectivity index is 1.89. The third kappa shape index (κ3) is 3.72. The van der Waals surface area contributed by atoms with E-state index in [1.807, 2.05) is 4.90 Å². The van der Waals surface area contributed by atoms with Gasteiger partial charge in [0, 0.05) is 18.8 Å². The van der Waals surface area contributed by atoms with E-state index in [-0.39, 0.29) is 5.91 Å². The lowest BCUT2D eigenvalue weighted by Crippen LogP contribution is -2.42. The van der Waals surface area contributed by atoms with E-state index < -0.39 is 0 Å². The first-order chi connectivity index (χ1) is 9.06. The largest absolute Gasteiger partial charge is 0.376 e. The van der Waals surface area contributed by atoms with E-state index in [1.165, 1.54) is 17.5 Å². The minimum atomic E-state index is 0.214. The number of piperidine rings is 1. The van der Waals surface area contributed by atoms with E-state index in [0.29, 0.717) is 12.5 Å². The molecule has 1 amide bonds. The maximum Gasteiger partial charge on any atom is 0.241 e. The van der Waals surface area contributed by atoms with Crippen molar-refractivity contribution in [1.82, 2.24) is 4.90 Å². The smallest absolute Gasteiger partial charge is 0.241 e. The fourth-order valence-corrected chi connectivity index (χ4v) is 2.71. The van der Waals surface area contributed by atoms with Gasteiger partial charge in [-0.1, -0.05) is 24.6 Å². The Labute approximate surface area is 116 Å². The summed E-state index contributed by atoms with van der Waals surface area (Å²) in [7, 11) is 0. The van der Waals surface area contributed by atoms with Crippen molar-refractivity contribution in [3.05, 3.63) is 29.3 Å². The molecule has 104 valence electrons. The van der Waals surface area contributed by atoms with Crippen LogP contribution in [0.1, 0.15) is 30.9 Å². The monoisotopic (exact) mass is 260 g/mol. The first-order valence-corrected chi connectivity index (χ1v) is 7.15. The highest BCUT2D eigenvalue weighted by molar-refractivity contribution is 5.81. The topological polar surface area (TPSA) is 32.3 Å². The van der Waals surface area contributed by atoms with Crippen LogP contribution in [0.5, 0.6) is 0 Å². The molecular weight excluding hydrogens is 236 g/mol. The summed E-state index contributed by atoms with van der Waals surface area (Å²) in [6.07, 6.45) is 2.38. The lowest BCUT2D eigenvalue weighted by atomic mass is 10.0. The average molecular weight is 260 g/mol. The lowest BCUT2D eigenvalue weighted by molar-refractivity contribution is -0.130. The Kier molecular flexibility index (Phi) is 4.46. The molecule has 0 bridgehead atoms. The van der Waals surface area contributed by atoms with Crippen molar-refractivity contribution in [3.63, 3.8) is 0 Å². The third-order valence-electron chi connectivity index (χ3n) is 3.82. The zero-order chi connectivity index (χ0) is 13.8. The van der Waals surface area contributed by atoms with E-state index in [0.717, 1.165) is 25.2 Å². The molecule has 1 aliphatic heterocycles. The average Bonchev–Trinajstić information content (AvgIpc) is 2.37. The van der Waals surface area contributed by atoms with Crippen molar-refractivity contribution in [1.29, 1.82) is 0 Å². The van der Waals surface area contributed by atoms with Crippen LogP contribution >= 0.6 is 0 Å². The summed E-state index contributed by atoms with van der Waals surface area (Å²) in [6, 6.07) is 6.26. The van der Waals surface area contributed by atoms with Crippen molar-refractivity contribution in [2.75, 3.05) is 25.0 Å². The SMILES string of the molecule is Cc1ccc(NCC(=O)N2CCCC(C)C2)c(C)c1. The summed E-state index contributed by atoms with van der Waals surface area (Å²) in [6.45, 7) is 8.60. The summed E-state index contributed by atoms with van der Waals surface area (Å²) < 4.78 is 0. The number of hydrogen-bond donors (Lipinski definition) is 1. The van der Waals surface area contributed by atoms with Crippen LogP contribution in [0, 0.1) is 19.8 Å². The molecule has 1 aromatic rings. The quantitative estimate of drug-likeness (QED) is 0.906. The second-order valence-corrected chi connectivity index (χ2v) is 5.76. The van der Waals surface area contributed by atoms with E-state index in [1.54, 1.807) is 0 Å². The molecule has 2 rings (SSSR count). The van der Waals surface area contributed by atoms with Gasteiger partial charge >= 0.3 is 0 Å². The second-order valence-electron chi connectivity index (χ2n) is 5.76. The molecule has 0 radical (unpaired) electrons. The van der Waals surface area contributed by atoms with E-state index >= 15 is 0 Å². The molecule has 1 aliphatic rings. The maximum atomic E-state index is 12.2. The van der Waals surface area contributed by atoms with E-state index in [9.17, 15) is 4.79 Å². The van der Waals surface area contributed by atoms with Crippen molar-refractivity contribution < 1.29 is 4.79 Å². The van der Waals surface area contributed by atoms with Gasteiger partial charge in [0.25, 0.3) is 0 Å². The zero-order valence-corrected chi connectivity index (χ0v) is 12.2. The van der Waals surface area contributed by atoms with E-state index in [4.69, 9.17) is 0 Å². The molecule has 19 heavy (non-hydrogen) atoms. The molecule has 0 saturated carbocycles. The number of nitrogens with zero attached hydrogens (tertiary/aromatic N) is 1. The summed E-state index contributed by atoms with van der Waals surface area (Å²) in [5.41, 5.74) is 3.50. The molecule has 1 saturated heterocycles. The molecule has 1 N–H and O–H groups in total. The molecule has 1 atom stereocenters. The Morgan fingerprint density at radius 3 is 2.89 bits per heavy atom. The van der Waals surface area contributed by atoms with Gasteiger partial charge in [-0.3, -0.25) is 4.79 Å². The van der Waals surface area contributed by atoms with Gasteiger partial charge in [0.1, 0.15) is 0 Å². The molecule has 1 unspecified atom stereocenters.